The first-order chi connectivity index (χ1) is 16.5. The van der Waals surface area contributed by atoms with E-state index in [1.807, 2.05) is 0 Å². The van der Waals surface area contributed by atoms with Crippen LogP contribution in [0.4, 0.5) is 0 Å². The molecule has 0 amide bonds. The Morgan fingerprint density at radius 1 is 0.571 bits per heavy atom. The molecule has 0 unspecified atom stereocenters. The molecule has 0 saturated heterocycles. The fourth-order valence-corrected chi connectivity index (χ4v) is 6.21. The minimum Gasteiger partial charge on any atom is -0.457 e. The fourth-order valence-electron chi connectivity index (χ4n) is 5.85. The Kier molecular flexibility index (Phi) is 4.74. The van der Waals surface area contributed by atoms with Crippen molar-refractivity contribution in [2.24, 2.45) is 0 Å². The smallest absolute Gasteiger partial charge is 0.132 e. The lowest BCUT2D eigenvalue weighted by molar-refractivity contribution is 0.435. The zero-order valence-corrected chi connectivity index (χ0v) is 22.9. The van der Waals surface area contributed by atoms with Crippen LogP contribution in [0.5, 0.6) is 11.5 Å². The Morgan fingerprint density at radius 3 is 1.69 bits per heavy atom. The van der Waals surface area contributed by atoms with E-state index in [-0.39, 0.29) is 10.8 Å². The van der Waals surface area contributed by atoms with Gasteiger partial charge < -0.3 is 4.74 Å². The van der Waals surface area contributed by atoms with Crippen molar-refractivity contribution in [3.05, 3.63) is 117 Å². The third kappa shape index (κ3) is 3.19. The van der Waals surface area contributed by atoms with Gasteiger partial charge in [-0.2, -0.15) is 0 Å². The van der Waals surface area contributed by atoms with E-state index in [1.54, 1.807) is 0 Å². The number of ether oxygens (including phenoxy) is 1. The monoisotopic (exact) mass is 522 g/mol. The van der Waals surface area contributed by atoms with Crippen molar-refractivity contribution in [1.29, 1.82) is 0 Å². The van der Waals surface area contributed by atoms with Gasteiger partial charge in [0.05, 0.1) is 5.41 Å². The summed E-state index contributed by atoms with van der Waals surface area (Å²) in [4.78, 5) is 0. The van der Waals surface area contributed by atoms with Gasteiger partial charge in [-0.1, -0.05) is 112 Å². The SMILES string of the molecule is CC(C)(C)c1ccc2c(c1)C1(c3ccccc3Oc3ccc(Br)cc31)c1cc(C(C)(C)C)ccc1-2. The average molecular weight is 524 g/mol. The molecule has 0 saturated carbocycles. The molecule has 0 bridgehead atoms. The Bertz CT molecular complexity index is 1430. The van der Waals surface area contributed by atoms with Crippen LogP contribution in [0.15, 0.2) is 83.3 Å². The second kappa shape index (κ2) is 7.34. The average Bonchev–Trinajstić information content (AvgIpc) is 3.09. The van der Waals surface area contributed by atoms with Gasteiger partial charge in [0.1, 0.15) is 11.5 Å². The second-order valence-electron chi connectivity index (χ2n) is 12.0. The standard InChI is InChI=1S/C33H31BrO/c1-31(2,3)20-11-14-23-24-15-12-21(32(4,5)6)18-27(24)33(26(23)17-20)25-9-7-8-10-29(25)35-30-16-13-22(34)19-28(30)33/h7-19H,1-6H3. The first kappa shape index (κ1) is 22.6. The third-order valence-electron chi connectivity index (χ3n) is 7.73. The highest BCUT2D eigenvalue weighted by molar-refractivity contribution is 9.10. The van der Waals surface area contributed by atoms with Gasteiger partial charge in [0.2, 0.25) is 0 Å². The number of rotatable bonds is 0. The van der Waals surface area contributed by atoms with Gasteiger partial charge >= 0.3 is 0 Å². The molecule has 0 fully saturated rings. The topological polar surface area (TPSA) is 9.23 Å². The molecule has 0 aromatic heterocycles. The summed E-state index contributed by atoms with van der Waals surface area (Å²) in [5, 5.41) is 0. The molecule has 6 rings (SSSR count). The van der Waals surface area contributed by atoms with Gasteiger partial charge in [-0.05, 0) is 68.5 Å². The third-order valence-corrected chi connectivity index (χ3v) is 8.22. The van der Waals surface area contributed by atoms with Gasteiger partial charge in [0.25, 0.3) is 0 Å². The predicted octanol–water partition coefficient (Wildman–Crippen LogP) is 9.51. The Balaban J connectivity index is 1.82. The quantitative estimate of drug-likeness (QED) is 0.193. The molecule has 0 radical (unpaired) electrons. The van der Waals surface area contributed by atoms with E-state index in [2.05, 4.69) is 136 Å². The summed E-state index contributed by atoms with van der Waals surface area (Å²) in [7, 11) is 0. The summed E-state index contributed by atoms with van der Waals surface area (Å²) in [5.41, 5.74) is 10.1. The zero-order valence-electron chi connectivity index (χ0n) is 21.3. The van der Waals surface area contributed by atoms with Crippen molar-refractivity contribution in [2.45, 2.75) is 57.8 Å². The summed E-state index contributed by atoms with van der Waals surface area (Å²) in [6, 6.07) is 29.3. The highest BCUT2D eigenvalue weighted by Crippen LogP contribution is 2.63. The predicted molar refractivity (Wildman–Crippen MR) is 149 cm³/mol. The van der Waals surface area contributed by atoms with Crippen LogP contribution in [0.2, 0.25) is 0 Å². The van der Waals surface area contributed by atoms with E-state index in [0.29, 0.717) is 0 Å². The highest BCUT2D eigenvalue weighted by Gasteiger charge is 2.51. The maximum atomic E-state index is 6.52. The van der Waals surface area contributed by atoms with Crippen LogP contribution in [0, 0.1) is 0 Å². The molecule has 1 spiro atoms. The van der Waals surface area contributed by atoms with Crippen molar-refractivity contribution >= 4 is 15.9 Å². The lowest BCUT2D eigenvalue weighted by Crippen LogP contribution is -2.33. The summed E-state index contributed by atoms with van der Waals surface area (Å²) in [6.45, 7) is 13.8. The summed E-state index contributed by atoms with van der Waals surface area (Å²) in [6.07, 6.45) is 0. The number of hydrogen-bond donors (Lipinski definition) is 0. The van der Waals surface area contributed by atoms with E-state index < -0.39 is 5.41 Å². The van der Waals surface area contributed by atoms with Crippen LogP contribution in [0.1, 0.15) is 74.9 Å². The Hall–Kier alpha value is -2.84. The molecule has 35 heavy (non-hydrogen) atoms. The maximum absolute atomic E-state index is 6.52. The molecular weight excluding hydrogens is 492 g/mol. The molecule has 2 heteroatoms. The maximum Gasteiger partial charge on any atom is 0.132 e. The number of para-hydroxylation sites is 1. The number of fused-ring (bicyclic) bond motifs is 9. The van der Waals surface area contributed by atoms with Gasteiger partial charge in [-0.3, -0.25) is 0 Å². The van der Waals surface area contributed by atoms with Crippen LogP contribution in [0.25, 0.3) is 11.1 Å². The lowest BCUT2D eigenvalue weighted by Gasteiger charge is -2.40. The summed E-state index contributed by atoms with van der Waals surface area (Å²) >= 11 is 3.78. The molecule has 1 heterocycles. The van der Waals surface area contributed by atoms with Gasteiger partial charge in [-0.25, -0.2) is 0 Å². The molecule has 176 valence electrons. The molecule has 0 atom stereocenters. The van der Waals surface area contributed by atoms with Crippen molar-refractivity contribution in [1.82, 2.24) is 0 Å². The number of halogens is 1. The van der Waals surface area contributed by atoms with E-state index >= 15 is 0 Å². The molecule has 4 aromatic rings. The largest absolute Gasteiger partial charge is 0.457 e. The van der Waals surface area contributed by atoms with Gasteiger partial charge in [0, 0.05) is 15.6 Å². The summed E-state index contributed by atoms with van der Waals surface area (Å²) < 4.78 is 7.59. The van der Waals surface area contributed by atoms with Gasteiger partial charge in [0.15, 0.2) is 0 Å². The molecule has 1 nitrogen and oxygen atoms in total. The Labute approximate surface area is 217 Å². The molecule has 2 aliphatic rings. The van der Waals surface area contributed by atoms with Crippen LogP contribution in [-0.2, 0) is 16.2 Å². The molecular formula is C33H31BrO. The molecule has 1 aliphatic heterocycles. The van der Waals surface area contributed by atoms with E-state index in [1.165, 1.54) is 44.5 Å². The zero-order chi connectivity index (χ0) is 24.8. The van der Waals surface area contributed by atoms with Crippen molar-refractivity contribution < 1.29 is 4.74 Å². The van der Waals surface area contributed by atoms with Crippen molar-refractivity contribution in [2.75, 3.05) is 0 Å². The van der Waals surface area contributed by atoms with E-state index in [4.69, 9.17) is 4.74 Å². The lowest BCUT2D eigenvalue weighted by atomic mass is 9.65. The minimum atomic E-state index is -0.443. The number of hydrogen-bond acceptors (Lipinski definition) is 1. The van der Waals surface area contributed by atoms with E-state index in [0.717, 1.165) is 16.0 Å². The molecule has 0 N–H and O–H groups in total. The normalized spacial score (nSPS) is 15.2. The minimum absolute atomic E-state index is 0.0480. The van der Waals surface area contributed by atoms with Crippen molar-refractivity contribution in [3.8, 4) is 22.6 Å². The van der Waals surface area contributed by atoms with Gasteiger partial charge in [-0.15, -0.1) is 0 Å². The molecule has 4 aromatic carbocycles. The Morgan fingerprint density at radius 2 is 1.11 bits per heavy atom. The number of benzene rings is 4. The highest BCUT2D eigenvalue weighted by atomic mass is 79.9. The first-order valence-corrected chi connectivity index (χ1v) is 13.2. The first-order valence-electron chi connectivity index (χ1n) is 12.4. The second-order valence-corrected chi connectivity index (χ2v) is 12.9. The van der Waals surface area contributed by atoms with Crippen LogP contribution in [0.3, 0.4) is 0 Å². The van der Waals surface area contributed by atoms with E-state index in [9.17, 15) is 0 Å². The molecule has 1 aliphatic carbocycles. The van der Waals surface area contributed by atoms with Crippen LogP contribution >= 0.6 is 15.9 Å². The van der Waals surface area contributed by atoms with Crippen molar-refractivity contribution in [3.63, 3.8) is 0 Å². The van der Waals surface area contributed by atoms with Crippen LogP contribution < -0.4 is 4.74 Å². The van der Waals surface area contributed by atoms with Crippen LogP contribution in [-0.4, -0.2) is 0 Å². The fraction of sp³-hybridized carbons (Fsp3) is 0.273. The summed E-state index contributed by atoms with van der Waals surface area (Å²) in [5.74, 6) is 1.86.